The maximum atomic E-state index is 4.86. The molecule has 1 aromatic carbocycles. The lowest BCUT2D eigenvalue weighted by atomic mass is 9.36. The molecule has 0 heterocycles. The molecular weight excluding hydrogens is 456 g/mol. The van der Waals surface area contributed by atoms with Crippen molar-refractivity contribution in [1.82, 2.24) is 0 Å². The van der Waals surface area contributed by atoms with Crippen LogP contribution < -0.4 is 0 Å². The predicted molar refractivity (Wildman–Crippen MR) is 168 cm³/mol. The van der Waals surface area contributed by atoms with Gasteiger partial charge in [-0.05, 0) is 115 Å². The summed E-state index contributed by atoms with van der Waals surface area (Å²) >= 11 is 0. The summed E-state index contributed by atoms with van der Waals surface area (Å²) in [7, 11) is 0. The zero-order valence-corrected chi connectivity index (χ0v) is 25.5. The molecule has 0 nitrogen and oxygen atoms in total. The minimum absolute atomic E-state index is 0.0137. The van der Waals surface area contributed by atoms with Crippen LogP contribution in [0.25, 0.3) is 11.6 Å². The van der Waals surface area contributed by atoms with E-state index in [0.29, 0.717) is 11.8 Å². The van der Waals surface area contributed by atoms with E-state index in [2.05, 4.69) is 99.9 Å². The molecule has 0 saturated heterocycles. The van der Waals surface area contributed by atoms with E-state index < -0.39 is 0 Å². The Morgan fingerprint density at radius 2 is 1.74 bits per heavy atom. The van der Waals surface area contributed by atoms with Crippen molar-refractivity contribution in [3.63, 3.8) is 0 Å². The molecule has 0 spiro atoms. The fourth-order valence-electron chi connectivity index (χ4n) is 9.07. The van der Waals surface area contributed by atoms with E-state index in [-0.39, 0.29) is 16.2 Å². The molecule has 38 heavy (non-hydrogen) atoms. The van der Waals surface area contributed by atoms with Gasteiger partial charge >= 0.3 is 0 Å². The minimum Gasteiger partial charge on any atom is -0.128 e. The van der Waals surface area contributed by atoms with Crippen molar-refractivity contribution in [1.29, 1.82) is 0 Å². The van der Waals surface area contributed by atoms with Crippen LogP contribution in [0.15, 0.2) is 89.8 Å². The molecule has 3 aliphatic rings. The molecule has 3 aliphatic carbocycles. The van der Waals surface area contributed by atoms with Crippen LogP contribution in [-0.2, 0) is 0 Å². The summed E-state index contributed by atoms with van der Waals surface area (Å²) < 4.78 is 0. The van der Waals surface area contributed by atoms with E-state index in [1.165, 1.54) is 61.3 Å². The molecule has 1 aromatic rings. The number of hydrogen-bond donors (Lipinski definition) is 0. The summed E-state index contributed by atoms with van der Waals surface area (Å²) in [6.45, 7) is 43.8. The molecule has 200 valence electrons. The van der Waals surface area contributed by atoms with Crippen LogP contribution in [0.5, 0.6) is 0 Å². The second-order valence-corrected chi connectivity index (χ2v) is 13.1. The third kappa shape index (κ3) is 3.36. The van der Waals surface area contributed by atoms with Crippen molar-refractivity contribution in [2.45, 2.75) is 87.5 Å². The SMILES string of the molecule is C=C=Cc1ccc2c(c1C)C(=C)C1=C(C)[C@@]3(C)C(=C)C(C(=C)C)=C(C)C[C@@]3(C)[C@H](CC(=C)CC)[C@@]1(C)[C@@H]2C. The van der Waals surface area contributed by atoms with Gasteiger partial charge in [-0.1, -0.05) is 102 Å². The van der Waals surface area contributed by atoms with Crippen molar-refractivity contribution in [3.8, 4) is 0 Å². The first-order chi connectivity index (χ1) is 17.6. The quantitative estimate of drug-likeness (QED) is 0.276. The highest BCUT2D eigenvalue weighted by Crippen LogP contribution is 2.75. The van der Waals surface area contributed by atoms with Crippen LogP contribution in [-0.4, -0.2) is 0 Å². The maximum Gasteiger partial charge on any atom is 0.0197 e. The molecule has 0 bridgehead atoms. The van der Waals surface area contributed by atoms with Crippen molar-refractivity contribution in [2.75, 3.05) is 0 Å². The number of fused-ring (bicyclic) bond motifs is 3. The molecule has 0 fully saturated rings. The van der Waals surface area contributed by atoms with Gasteiger partial charge in [0, 0.05) is 10.8 Å². The Morgan fingerprint density at radius 3 is 2.29 bits per heavy atom. The van der Waals surface area contributed by atoms with E-state index in [1.54, 1.807) is 0 Å². The van der Waals surface area contributed by atoms with Crippen molar-refractivity contribution < 1.29 is 0 Å². The van der Waals surface area contributed by atoms with Crippen LogP contribution in [0.1, 0.15) is 103 Å². The highest BCUT2D eigenvalue weighted by Gasteiger charge is 2.66. The molecule has 0 aromatic heterocycles. The van der Waals surface area contributed by atoms with Gasteiger partial charge < -0.3 is 0 Å². The molecule has 0 radical (unpaired) electrons. The van der Waals surface area contributed by atoms with Gasteiger partial charge in [-0.3, -0.25) is 0 Å². The van der Waals surface area contributed by atoms with Crippen LogP contribution >= 0.6 is 0 Å². The second-order valence-electron chi connectivity index (χ2n) is 13.1. The summed E-state index contributed by atoms with van der Waals surface area (Å²) in [6, 6.07) is 4.58. The fourth-order valence-corrected chi connectivity index (χ4v) is 9.07. The van der Waals surface area contributed by atoms with Crippen LogP contribution in [0.2, 0.25) is 0 Å². The fraction of sp³-hybridized carbons (Fsp3) is 0.447. The van der Waals surface area contributed by atoms with Crippen molar-refractivity contribution in [2.24, 2.45) is 22.2 Å². The third-order valence-corrected chi connectivity index (χ3v) is 11.4. The average molecular weight is 505 g/mol. The molecule has 0 heteroatoms. The van der Waals surface area contributed by atoms with Crippen LogP contribution in [0.3, 0.4) is 0 Å². The third-order valence-electron chi connectivity index (χ3n) is 11.4. The van der Waals surface area contributed by atoms with E-state index in [4.69, 9.17) is 13.2 Å². The highest BCUT2D eigenvalue weighted by atomic mass is 14.7. The lowest BCUT2D eigenvalue weighted by Crippen LogP contribution is -2.59. The van der Waals surface area contributed by atoms with E-state index in [1.807, 2.05) is 6.08 Å². The standard InChI is InChI=1S/C38H48/c1-15-17-30-18-19-31-27(9)37(13)32(20-23(5)16-2)36(12)21-24(6)33(22(3)4)28(10)38(36,14)29(11)35(37)26(8)34(31)25(30)7/h17-19,27,32H,1,3,5,8,10,16,20-21H2,2,4,6-7,9,11-14H3/t27-,32+,36+,37-,38-/m1/s1. The number of benzene rings is 1. The minimum atomic E-state index is -0.207. The summed E-state index contributed by atoms with van der Waals surface area (Å²) in [6.07, 6.45) is 5.06. The average Bonchev–Trinajstić information content (AvgIpc) is 2.84. The molecule has 0 unspecified atom stereocenters. The van der Waals surface area contributed by atoms with E-state index in [0.717, 1.165) is 24.8 Å². The lowest BCUT2D eigenvalue weighted by Gasteiger charge is -2.67. The van der Waals surface area contributed by atoms with Gasteiger partial charge in [0.05, 0.1) is 0 Å². The number of rotatable bonds is 5. The zero-order chi connectivity index (χ0) is 28.5. The summed E-state index contributed by atoms with van der Waals surface area (Å²) in [4.78, 5) is 0. The first-order valence-corrected chi connectivity index (χ1v) is 14.3. The molecule has 0 amide bonds. The monoisotopic (exact) mass is 504 g/mol. The first kappa shape index (κ1) is 28.2. The first-order valence-electron chi connectivity index (χ1n) is 14.3. The zero-order valence-electron chi connectivity index (χ0n) is 25.5. The number of allylic oxidation sites excluding steroid dienone is 8. The molecule has 5 atom stereocenters. The maximum absolute atomic E-state index is 4.86. The summed E-state index contributed by atoms with van der Waals surface area (Å²) in [5, 5.41) is 0. The van der Waals surface area contributed by atoms with Gasteiger partial charge in [0.25, 0.3) is 0 Å². The predicted octanol–water partition coefficient (Wildman–Crippen LogP) is 11.1. The summed E-state index contributed by atoms with van der Waals surface area (Å²) in [5.41, 5.74) is 18.3. The smallest absolute Gasteiger partial charge is 0.0197 e. The van der Waals surface area contributed by atoms with Gasteiger partial charge in [-0.25, -0.2) is 0 Å². The normalized spacial score (nSPS) is 32.3. The van der Waals surface area contributed by atoms with Gasteiger partial charge in [-0.2, -0.15) is 0 Å². The Kier molecular flexibility index (Phi) is 6.78. The van der Waals surface area contributed by atoms with Gasteiger partial charge in [0.1, 0.15) is 0 Å². The molecular formula is C38H48. The van der Waals surface area contributed by atoms with Crippen molar-refractivity contribution >= 4 is 11.6 Å². The van der Waals surface area contributed by atoms with Crippen molar-refractivity contribution in [3.05, 3.63) is 112 Å². The Balaban J connectivity index is 2.15. The Hall–Kier alpha value is -2.82. The van der Waals surface area contributed by atoms with Gasteiger partial charge in [0.15, 0.2) is 0 Å². The summed E-state index contributed by atoms with van der Waals surface area (Å²) in [5.74, 6) is 0.724. The molecule has 0 aliphatic heterocycles. The van der Waals surface area contributed by atoms with Crippen LogP contribution in [0.4, 0.5) is 0 Å². The Morgan fingerprint density at radius 1 is 1.11 bits per heavy atom. The van der Waals surface area contributed by atoms with E-state index in [9.17, 15) is 0 Å². The second kappa shape index (κ2) is 9.14. The van der Waals surface area contributed by atoms with E-state index >= 15 is 0 Å². The highest BCUT2D eigenvalue weighted by molar-refractivity contribution is 5.88. The Labute approximate surface area is 233 Å². The molecule has 4 rings (SSSR count). The van der Waals surface area contributed by atoms with Crippen LogP contribution in [0, 0.1) is 29.1 Å². The largest absolute Gasteiger partial charge is 0.128 e. The number of hydrogen-bond acceptors (Lipinski definition) is 0. The van der Waals surface area contributed by atoms with Gasteiger partial charge in [-0.15, -0.1) is 5.73 Å². The Bertz CT molecular complexity index is 1410. The van der Waals surface area contributed by atoms with Gasteiger partial charge in [0.2, 0.25) is 0 Å². The lowest BCUT2D eigenvalue weighted by molar-refractivity contribution is -0.0370. The molecule has 0 N–H and O–H groups in total. The topological polar surface area (TPSA) is 0 Å². The molecule has 0 saturated carbocycles.